The Labute approximate surface area is 120 Å². The molecule has 2 heterocycles. The lowest BCUT2D eigenvalue weighted by Gasteiger charge is -2.31. The Morgan fingerprint density at radius 2 is 2.05 bits per heavy atom. The summed E-state index contributed by atoms with van der Waals surface area (Å²) in [7, 11) is 2.17. The molecule has 0 saturated carbocycles. The Kier molecular flexibility index (Phi) is 3.08. The summed E-state index contributed by atoms with van der Waals surface area (Å²) in [5.74, 6) is 0.739. The Morgan fingerprint density at radius 3 is 2.70 bits per heavy atom. The van der Waals surface area contributed by atoms with E-state index in [1.54, 1.807) is 12.5 Å². The minimum atomic E-state index is 0.120. The average molecular weight is 270 g/mol. The van der Waals surface area contributed by atoms with Gasteiger partial charge in [0.25, 0.3) is 0 Å². The highest BCUT2D eigenvalue weighted by molar-refractivity contribution is 5.72. The highest BCUT2D eigenvalue weighted by Crippen LogP contribution is 2.38. The van der Waals surface area contributed by atoms with Gasteiger partial charge in [-0.1, -0.05) is 20.8 Å². The Hall–Kier alpha value is -1.77. The highest BCUT2D eigenvalue weighted by Gasteiger charge is 2.24. The topological polar surface area (TPSA) is 29.3 Å². The van der Waals surface area contributed by atoms with Crippen LogP contribution in [-0.2, 0) is 11.8 Å². The summed E-state index contributed by atoms with van der Waals surface area (Å²) >= 11 is 0. The molecule has 0 aliphatic carbocycles. The van der Waals surface area contributed by atoms with Gasteiger partial charge in [0.2, 0.25) is 5.89 Å². The van der Waals surface area contributed by atoms with Gasteiger partial charge < -0.3 is 9.32 Å². The summed E-state index contributed by atoms with van der Waals surface area (Å²) in [6, 6.07) is 4.59. The van der Waals surface area contributed by atoms with Crippen LogP contribution in [0.5, 0.6) is 0 Å². The second-order valence-electron chi connectivity index (χ2n) is 6.63. The molecule has 1 aromatic heterocycles. The first-order valence-electron chi connectivity index (χ1n) is 7.25. The molecule has 1 aliphatic heterocycles. The molecule has 0 unspecified atom stereocenters. The highest BCUT2D eigenvalue weighted by atomic mass is 16.3. The second kappa shape index (κ2) is 4.65. The summed E-state index contributed by atoms with van der Waals surface area (Å²) in [6.45, 7) is 7.86. The summed E-state index contributed by atoms with van der Waals surface area (Å²) < 4.78 is 5.56. The quantitative estimate of drug-likeness (QED) is 0.783. The van der Waals surface area contributed by atoms with E-state index >= 15 is 0 Å². The zero-order valence-electron chi connectivity index (χ0n) is 12.7. The molecule has 106 valence electrons. The summed E-state index contributed by atoms with van der Waals surface area (Å²) in [5.41, 5.74) is 5.31. The molecule has 0 spiro atoms. The van der Waals surface area contributed by atoms with Crippen LogP contribution in [0.4, 0.5) is 5.69 Å². The molecule has 1 aromatic carbocycles. The monoisotopic (exact) mass is 270 g/mol. The van der Waals surface area contributed by atoms with Crippen molar-refractivity contribution in [1.82, 2.24) is 4.98 Å². The third-order valence-electron chi connectivity index (χ3n) is 4.09. The fourth-order valence-electron chi connectivity index (χ4n) is 2.85. The van der Waals surface area contributed by atoms with Crippen molar-refractivity contribution in [3.05, 3.63) is 35.7 Å². The van der Waals surface area contributed by atoms with Crippen LogP contribution in [0.25, 0.3) is 11.5 Å². The standard InChI is InChI=1S/C17H22N2O/c1-17(2,3)12-10-14(16-18-7-9-20-16)13-6-5-8-19(4)15(13)11-12/h7,9-11H,5-6,8H2,1-4H3. The van der Waals surface area contributed by atoms with Gasteiger partial charge in [0.05, 0.1) is 6.20 Å². The molecule has 20 heavy (non-hydrogen) atoms. The molecule has 3 rings (SSSR count). The van der Waals surface area contributed by atoms with Crippen LogP contribution in [0, 0.1) is 0 Å². The third-order valence-corrected chi connectivity index (χ3v) is 4.09. The van der Waals surface area contributed by atoms with Gasteiger partial charge in [0.15, 0.2) is 0 Å². The number of aromatic nitrogens is 1. The molecule has 0 bridgehead atoms. The van der Waals surface area contributed by atoms with E-state index in [1.807, 2.05) is 0 Å². The minimum Gasteiger partial charge on any atom is -0.445 e. The van der Waals surface area contributed by atoms with Crippen molar-refractivity contribution in [3.8, 4) is 11.5 Å². The van der Waals surface area contributed by atoms with E-state index in [9.17, 15) is 0 Å². The van der Waals surface area contributed by atoms with Crippen molar-refractivity contribution in [2.45, 2.75) is 39.0 Å². The van der Waals surface area contributed by atoms with Crippen LogP contribution in [0.1, 0.15) is 38.3 Å². The first-order chi connectivity index (χ1) is 9.47. The number of oxazole rings is 1. The van der Waals surface area contributed by atoms with E-state index in [1.165, 1.54) is 23.2 Å². The van der Waals surface area contributed by atoms with Crippen molar-refractivity contribution in [2.75, 3.05) is 18.5 Å². The number of fused-ring (bicyclic) bond motifs is 1. The first-order valence-corrected chi connectivity index (χ1v) is 7.25. The van der Waals surface area contributed by atoms with Gasteiger partial charge >= 0.3 is 0 Å². The molecule has 0 saturated heterocycles. The predicted octanol–water partition coefficient (Wildman–Crippen LogP) is 4.02. The van der Waals surface area contributed by atoms with Gasteiger partial charge in [0, 0.05) is 24.8 Å². The normalized spacial score (nSPS) is 15.3. The molecule has 2 aromatic rings. The van der Waals surface area contributed by atoms with E-state index in [0.717, 1.165) is 24.4 Å². The van der Waals surface area contributed by atoms with E-state index < -0.39 is 0 Å². The fourth-order valence-corrected chi connectivity index (χ4v) is 2.85. The maximum absolute atomic E-state index is 5.56. The van der Waals surface area contributed by atoms with E-state index in [4.69, 9.17) is 4.42 Å². The van der Waals surface area contributed by atoms with Crippen LogP contribution in [0.15, 0.2) is 29.0 Å². The van der Waals surface area contributed by atoms with Crippen molar-refractivity contribution in [2.24, 2.45) is 0 Å². The first kappa shape index (κ1) is 13.2. The zero-order chi connectivity index (χ0) is 14.3. The van der Waals surface area contributed by atoms with Gasteiger partial charge in [0.1, 0.15) is 6.26 Å². The van der Waals surface area contributed by atoms with Crippen LogP contribution < -0.4 is 4.90 Å². The molecule has 3 nitrogen and oxygen atoms in total. The number of benzene rings is 1. The molecular weight excluding hydrogens is 248 g/mol. The van der Waals surface area contributed by atoms with Crippen molar-refractivity contribution >= 4 is 5.69 Å². The van der Waals surface area contributed by atoms with Crippen LogP contribution in [-0.4, -0.2) is 18.6 Å². The van der Waals surface area contributed by atoms with Gasteiger partial charge in [-0.3, -0.25) is 0 Å². The molecule has 1 aliphatic rings. The van der Waals surface area contributed by atoms with Crippen LogP contribution in [0.3, 0.4) is 0 Å². The fraction of sp³-hybridized carbons (Fsp3) is 0.471. The second-order valence-corrected chi connectivity index (χ2v) is 6.63. The lowest BCUT2D eigenvalue weighted by Crippen LogP contribution is -2.26. The summed E-state index contributed by atoms with van der Waals surface area (Å²) in [5, 5.41) is 0. The summed E-state index contributed by atoms with van der Waals surface area (Å²) in [4.78, 5) is 6.71. The Balaban J connectivity index is 2.24. The third kappa shape index (κ3) is 2.21. The van der Waals surface area contributed by atoms with Crippen molar-refractivity contribution in [1.29, 1.82) is 0 Å². The predicted molar refractivity (Wildman–Crippen MR) is 82.2 cm³/mol. The van der Waals surface area contributed by atoms with Crippen molar-refractivity contribution < 1.29 is 4.42 Å². The molecule has 0 N–H and O–H groups in total. The number of rotatable bonds is 1. The number of hydrogen-bond donors (Lipinski definition) is 0. The molecular formula is C17H22N2O. The maximum atomic E-state index is 5.56. The van der Waals surface area contributed by atoms with Crippen LogP contribution in [0.2, 0.25) is 0 Å². The van der Waals surface area contributed by atoms with Gasteiger partial charge in [-0.2, -0.15) is 0 Å². The Morgan fingerprint density at radius 1 is 1.25 bits per heavy atom. The number of hydrogen-bond acceptors (Lipinski definition) is 3. The smallest absolute Gasteiger partial charge is 0.226 e. The SMILES string of the molecule is CN1CCCc2c(-c3ncco3)cc(C(C)(C)C)cc21. The van der Waals surface area contributed by atoms with E-state index in [-0.39, 0.29) is 5.41 Å². The van der Waals surface area contributed by atoms with Gasteiger partial charge in [-0.25, -0.2) is 4.98 Å². The average Bonchev–Trinajstić information content (AvgIpc) is 2.91. The molecule has 0 atom stereocenters. The Bertz CT molecular complexity index is 609. The molecule has 0 amide bonds. The lowest BCUT2D eigenvalue weighted by atomic mass is 9.83. The molecule has 0 radical (unpaired) electrons. The van der Waals surface area contributed by atoms with Gasteiger partial charge in [-0.05, 0) is 41.5 Å². The van der Waals surface area contributed by atoms with E-state index in [0.29, 0.717) is 0 Å². The van der Waals surface area contributed by atoms with E-state index in [2.05, 4.69) is 49.8 Å². The molecule has 0 fully saturated rings. The van der Waals surface area contributed by atoms with Gasteiger partial charge in [-0.15, -0.1) is 0 Å². The summed E-state index contributed by atoms with van der Waals surface area (Å²) in [6.07, 6.45) is 5.66. The minimum absolute atomic E-state index is 0.120. The maximum Gasteiger partial charge on any atom is 0.226 e. The van der Waals surface area contributed by atoms with Crippen molar-refractivity contribution in [3.63, 3.8) is 0 Å². The number of nitrogens with zero attached hydrogens (tertiary/aromatic N) is 2. The molecule has 3 heteroatoms. The lowest BCUT2D eigenvalue weighted by molar-refractivity contribution is 0.569. The largest absolute Gasteiger partial charge is 0.445 e. The van der Waals surface area contributed by atoms with Crippen LogP contribution >= 0.6 is 0 Å². The zero-order valence-corrected chi connectivity index (χ0v) is 12.7. The number of anilines is 1.